The number of hydrogen-bond donors (Lipinski definition) is 1. The number of hydrazone groups is 1. The zero-order valence-electron chi connectivity index (χ0n) is 8.89. The quantitative estimate of drug-likeness (QED) is 0.456. The van der Waals surface area contributed by atoms with Gasteiger partial charge in [0, 0.05) is 6.54 Å². The molecule has 86 valence electrons. The Morgan fingerprint density at radius 3 is 2.75 bits per heavy atom. The molecule has 0 aromatic carbocycles. The first-order chi connectivity index (χ1) is 7.61. The van der Waals surface area contributed by atoms with Crippen molar-refractivity contribution in [2.75, 3.05) is 13.7 Å². The summed E-state index contributed by atoms with van der Waals surface area (Å²) in [4.78, 5) is 36.0. The van der Waals surface area contributed by atoms with Gasteiger partial charge in [0.2, 0.25) is 5.91 Å². The van der Waals surface area contributed by atoms with Crippen molar-refractivity contribution >= 4 is 23.5 Å². The number of hydrogen-bond acceptors (Lipinski definition) is 6. The normalized spacial score (nSPS) is 27.6. The third-order valence-corrected chi connectivity index (χ3v) is 2.73. The van der Waals surface area contributed by atoms with Gasteiger partial charge in [-0.3, -0.25) is 19.9 Å². The number of likely N-dealkylation sites (N-methyl/N-ethyl adjacent to an activating group) is 1. The summed E-state index contributed by atoms with van der Waals surface area (Å²) in [6.45, 7) is 1.99. The van der Waals surface area contributed by atoms with Crippen LogP contribution in [0, 0.1) is 5.92 Å². The standard InChI is InChI=1S/C9H11N3O4/c1-3-12-7(13)4-5(8(12)14)10-11-6(4)9(15)16-2/h4-5,10H,3H2,1-2H3/t4-,5-/m0/s1. The molecule has 2 aliphatic rings. The molecule has 0 aromatic heterocycles. The Bertz CT molecular complexity index is 404. The predicted octanol–water partition coefficient (Wildman–Crippen LogP) is -1.51. The average molecular weight is 225 g/mol. The summed E-state index contributed by atoms with van der Waals surface area (Å²) in [6, 6.07) is -0.749. The molecule has 0 saturated carbocycles. The van der Waals surface area contributed by atoms with Crippen LogP contribution < -0.4 is 5.43 Å². The molecule has 2 rings (SSSR count). The van der Waals surface area contributed by atoms with Crippen LogP contribution in [0.25, 0.3) is 0 Å². The van der Waals surface area contributed by atoms with Crippen molar-refractivity contribution in [3.63, 3.8) is 0 Å². The van der Waals surface area contributed by atoms with Gasteiger partial charge >= 0.3 is 5.97 Å². The number of esters is 1. The van der Waals surface area contributed by atoms with Crippen LogP contribution in [-0.2, 0) is 19.1 Å². The molecular formula is C9H11N3O4. The lowest BCUT2D eigenvalue weighted by molar-refractivity contribution is -0.140. The van der Waals surface area contributed by atoms with Gasteiger partial charge in [-0.05, 0) is 6.92 Å². The Morgan fingerprint density at radius 2 is 2.19 bits per heavy atom. The van der Waals surface area contributed by atoms with E-state index in [1.165, 1.54) is 7.11 Å². The van der Waals surface area contributed by atoms with Crippen LogP contribution in [0.5, 0.6) is 0 Å². The molecule has 7 heteroatoms. The Hall–Kier alpha value is -1.92. The molecule has 1 fully saturated rings. The van der Waals surface area contributed by atoms with E-state index < -0.39 is 23.8 Å². The van der Waals surface area contributed by atoms with E-state index in [1.54, 1.807) is 6.92 Å². The molecule has 7 nitrogen and oxygen atoms in total. The number of fused-ring (bicyclic) bond motifs is 1. The van der Waals surface area contributed by atoms with Gasteiger partial charge in [-0.2, -0.15) is 5.10 Å². The third-order valence-electron chi connectivity index (χ3n) is 2.73. The highest BCUT2D eigenvalue weighted by Crippen LogP contribution is 2.25. The van der Waals surface area contributed by atoms with Crippen LogP contribution in [-0.4, -0.2) is 48.1 Å². The summed E-state index contributed by atoms with van der Waals surface area (Å²) in [5, 5.41) is 3.68. The summed E-state index contributed by atoms with van der Waals surface area (Å²) in [5.74, 6) is -2.26. The number of rotatable bonds is 2. The molecule has 16 heavy (non-hydrogen) atoms. The Labute approximate surface area is 91.4 Å². The van der Waals surface area contributed by atoms with Gasteiger partial charge in [0.25, 0.3) is 5.91 Å². The number of nitrogens with zero attached hydrogens (tertiary/aromatic N) is 2. The largest absolute Gasteiger partial charge is 0.464 e. The van der Waals surface area contributed by atoms with Crippen LogP contribution in [0.2, 0.25) is 0 Å². The number of likely N-dealkylation sites (tertiary alicyclic amines) is 1. The van der Waals surface area contributed by atoms with Crippen molar-refractivity contribution in [1.82, 2.24) is 10.3 Å². The molecule has 2 aliphatic heterocycles. The number of imide groups is 1. The van der Waals surface area contributed by atoms with E-state index in [9.17, 15) is 14.4 Å². The molecule has 0 spiro atoms. The Kier molecular flexibility index (Phi) is 2.37. The van der Waals surface area contributed by atoms with Crippen molar-refractivity contribution in [2.24, 2.45) is 11.0 Å². The first-order valence-electron chi connectivity index (χ1n) is 4.88. The predicted molar refractivity (Wildman–Crippen MR) is 52.3 cm³/mol. The fourth-order valence-corrected chi connectivity index (χ4v) is 1.93. The summed E-state index contributed by atoms with van der Waals surface area (Å²) < 4.78 is 4.50. The highest BCUT2D eigenvalue weighted by Gasteiger charge is 2.54. The fraction of sp³-hybridized carbons (Fsp3) is 0.556. The van der Waals surface area contributed by atoms with E-state index in [1.807, 2.05) is 0 Å². The van der Waals surface area contributed by atoms with Gasteiger partial charge in [0.05, 0.1) is 7.11 Å². The molecule has 1 N–H and O–H groups in total. The van der Waals surface area contributed by atoms with Crippen molar-refractivity contribution in [3.8, 4) is 0 Å². The van der Waals surface area contributed by atoms with Crippen LogP contribution in [0.1, 0.15) is 6.92 Å². The minimum Gasteiger partial charge on any atom is -0.464 e. The average Bonchev–Trinajstić information content (AvgIpc) is 2.80. The second kappa shape index (κ2) is 3.58. The molecule has 0 aliphatic carbocycles. The summed E-state index contributed by atoms with van der Waals surface area (Å²) in [6.07, 6.45) is 0. The van der Waals surface area contributed by atoms with Crippen molar-refractivity contribution < 1.29 is 19.1 Å². The molecule has 2 heterocycles. The lowest BCUT2D eigenvalue weighted by Gasteiger charge is -2.11. The van der Waals surface area contributed by atoms with E-state index in [0.717, 1.165) is 4.90 Å². The number of carbonyl (C=O) groups excluding carboxylic acids is 3. The highest BCUT2D eigenvalue weighted by molar-refractivity contribution is 6.43. The Morgan fingerprint density at radius 1 is 1.50 bits per heavy atom. The molecular weight excluding hydrogens is 214 g/mol. The first kappa shape index (κ1) is 10.6. The van der Waals surface area contributed by atoms with Crippen molar-refractivity contribution in [1.29, 1.82) is 0 Å². The van der Waals surface area contributed by atoms with Gasteiger partial charge in [0.15, 0.2) is 5.71 Å². The van der Waals surface area contributed by atoms with Crippen LogP contribution in [0.3, 0.4) is 0 Å². The van der Waals surface area contributed by atoms with E-state index in [0.29, 0.717) is 6.54 Å². The van der Waals surface area contributed by atoms with Gasteiger partial charge in [-0.25, -0.2) is 4.79 Å². The van der Waals surface area contributed by atoms with Crippen LogP contribution >= 0.6 is 0 Å². The molecule has 2 atom stereocenters. The molecule has 0 radical (unpaired) electrons. The number of methoxy groups -OCH3 is 1. The van der Waals surface area contributed by atoms with E-state index in [2.05, 4.69) is 15.3 Å². The van der Waals surface area contributed by atoms with Gasteiger partial charge in [-0.1, -0.05) is 0 Å². The second-order valence-corrected chi connectivity index (χ2v) is 3.49. The first-order valence-corrected chi connectivity index (χ1v) is 4.88. The van der Waals surface area contributed by atoms with Gasteiger partial charge < -0.3 is 4.74 Å². The zero-order valence-corrected chi connectivity index (χ0v) is 8.89. The maximum atomic E-state index is 11.8. The molecule has 0 bridgehead atoms. The van der Waals surface area contributed by atoms with Crippen LogP contribution in [0.15, 0.2) is 5.10 Å². The third kappa shape index (κ3) is 1.21. The van der Waals surface area contributed by atoms with E-state index >= 15 is 0 Å². The molecule has 2 amide bonds. The van der Waals surface area contributed by atoms with Crippen LogP contribution in [0.4, 0.5) is 0 Å². The smallest absolute Gasteiger partial charge is 0.355 e. The number of amides is 2. The number of ether oxygens (including phenoxy) is 1. The maximum Gasteiger partial charge on any atom is 0.355 e. The lowest BCUT2D eigenvalue weighted by atomic mass is 9.99. The monoisotopic (exact) mass is 225 g/mol. The van der Waals surface area contributed by atoms with E-state index in [4.69, 9.17) is 0 Å². The zero-order chi connectivity index (χ0) is 11.9. The summed E-state index contributed by atoms with van der Waals surface area (Å²) in [5.41, 5.74) is 2.48. The van der Waals surface area contributed by atoms with Gasteiger partial charge in [-0.15, -0.1) is 0 Å². The highest BCUT2D eigenvalue weighted by atomic mass is 16.5. The van der Waals surface area contributed by atoms with Crippen molar-refractivity contribution in [3.05, 3.63) is 0 Å². The minimum absolute atomic E-state index is 0.0261. The minimum atomic E-state index is -0.833. The Balaban J connectivity index is 2.30. The second-order valence-electron chi connectivity index (χ2n) is 3.49. The summed E-state index contributed by atoms with van der Waals surface area (Å²) in [7, 11) is 1.21. The number of carbonyl (C=O) groups is 3. The number of nitrogens with one attached hydrogen (secondary N) is 1. The molecule has 0 unspecified atom stereocenters. The van der Waals surface area contributed by atoms with Crippen molar-refractivity contribution in [2.45, 2.75) is 13.0 Å². The topological polar surface area (TPSA) is 88.1 Å². The maximum absolute atomic E-state index is 11.8. The van der Waals surface area contributed by atoms with Gasteiger partial charge in [0.1, 0.15) is 12.0 Å². The fourth-order valence-electron chi connectivity index (χ4n) is 1.93. The van der Waals surface area contributed by atoms with E-state index in [-0.39, 0.29) is 11.6 Å². The SMILES string of the molecule is CCN1C(=O)[C@@H]2C(C(=O)OC)=NN[C@@H]2C1=O. The summed E-state index contributed by atoms with van der Waals surface area (Å²) >= 11 is 0. The molecule has 0 aromatic rings. The lowest BCUT2D eigenvalue weighted by Crippen LogP contribution is -2.36. The molecule has 1 saturated heterocycles.